The number of piperidine rings is 1. The molecule has 0 spiro atoms. The fraction of sp³-hybridized carbons (Fsp3) is 0.857. The molecule has 0 aromatic rings. The molecule has 4 atom stereocenters. The van der Waals surface area contributed by atoms with Crippen LogP contribution in [0, 0.1) is 17.8 Å². The van der Waals surface area contributed by atoms with Gasteiger partial charge in [0.1, 0.15) is 0 Å². The van der Waals surface area contributed by atoms with Gasteiger partial charge in [-0.25, -0.2) is 4.79 Å². The van der Waals surface area contributed by atoms with Gasteiger partial charge in [-0.3, -0.25) is 4.79 Å². The number of hydrogen-bond donors (Lipinski definition) is 2. The standard InChI is InChI=1S/C14H26N2O3/c1-5-10(3)11(4)15-14(19)16-7-9(2)6-12(8-16)13(17)18/h9-12H,5-8H2,1-4H3,(H,15,19)(H,17,18). The van der Waals surface area contributed by atoms with Crippen LogP contribution in [0.5, 0.6) is 0 Å². The van der Waals surface area contributed by atoms with Crippen molar-refractivity contribution in [2.24, 2.45) is 17.8 Å². The van der Waals surface area contributed by atoms with Crippen molar-refractivity contribution in [3.05, 3.63) is 0 Å². The van der Waals surface area contributed by atoms with Crippen LogP contribution in [0.3, 0.4) is 0 Å². The average molecular weight is 270 g/mol. The number of aliphatic carboxylic acids is 1. The van der Waals surface area contributed by atoms with E-state index in [1.807, 2.05) is 13.8 Å². The molecule has 4 unspecified atom stereocenters. The van der Waals surface area contributed by atoms with Crippen molar-refractivity contribution in [1.29, 1.82) is 0 Å². The lowest BCUT2D eigenvalue weighted by Gasteiger charge is -2.35. The van der Waals surface area contributed by atoms with Crippen LogP contribution in [0.15, 0.2) is 0 Å². The van der Waals surface area contributed by atoms with Crippen molar-refractivity contribution in [2.45, 2.75) is 46.6 Å². The second-order valence-electron chi connectivity index (χ2n) is 5.90. The van der Waals surface area contributed by atoms with Crippen molar-refractivity contribution in [3.63, 3.8) is 0 Å². The minimum atomic E-state index is -0.806. The predicted molar refractivity (Wildman–Crippen MR) is 73.9 cm³/mol. The van der Waals surface area contributed by atoms with E-state index in [4.69, 9.17) is 5.11 Å². The molecule has 1 aliphatic heterocycles. The first-order valence-electron chi connectivity index (χ1n) is 7.13. The fourth-order valence-corrected chi connectivity index (χ4v) is 2.48. The molecule has 0 aromatic heterocycles. The quantitative estimate of drug-likeness (QED) is 0.822. The third-order valence-corrected chi connectivity index (χ3v) is 4.14. The van der Waals surface area contributed by atoms with Gasteiger partial charge in [-0.2, -0.15) is 0 Å². The number of carbonyl (C=O) groups excluding carboxylic acids is 1. The summed E-state index contributed by atoms with van der Waals surface area (Å²) in [6, 6.07) is -0.0244. The molecule has 1 rings (SSSR count). The van der Waals surface area contributed by atoms with Gasteiger partial charge in [-0.1, -0.05) is 27.2 Å². The minimum Gasteiger partial charge on any atom is -0.481 e. The van der Waals surface area contributed by atoms with Crippen LogP contribution in [-0.2, 0) is 4.79 Å². The summed E-state index contributed by atoms with van der Waals surface area (Å²) in [5, 5.41) is 12.1. The van der Waals surface area contributed by atoms with Gasteiger partial charge in [0, 0.05) is 19.1 Å². The maximum Gasteiger partial charge on any atom is 0.317 e. The van der Waals surface area contributed by atoms with Crippen LogP contribution in [0.25, 0.3) is 0 Å². The van der Waals surface area contributed by atoms with E-state index >= 15 is 0 Å². The van der Waals surface area contributed by atoms with Crippen LogP contribution >= 0.6 is 0 Å². The molecule has 1 heterocycles. The Labute approximate surface area is 115 Å². The lowest BCUT2D eigenvalue weighted by atomic mass is 9.90. The number of carbonyl (C=O) groups is 2. The molecule has 19 heavy (non-hydrogen) atoms. The van der Waals surface area contributed by atoms with Gasteiger partial charge < -0.3 is 15.3 Å². The largest absolute Gasteiger partial charge is 0.481 e. The van der Waals surface area contributed by atoms with E-state index < -0.39 is 11.9 Å². The van der Waals surface area contributed by atoms with Gasteiger partial charge in [0.05, 0.1) is 5.92 Å². The van der Waals surface area contributed by atoms with E-state index in [9.17, 15) is 9.59 Å². The molecule has 0 saturated carbocycles. The Balaban J connectivity index is 2.58. The molecule has 0 aliphatic carbocycles. The van der Waals surface area contributed by atoms with Crippen molar-refractivity contribution >= 4 is 12.0 Å². The van der Waals surface area contributed by atoms with E-state index in [2.05, 4.69) is 19.2 Å². The molecule has 110 valence electrons. The zero-order chi connectivity index (χ0) is 14.6. The Bertz CT molecular complexity index is 333. The number of rotatable bonds is 4. The molecular formula is C14H26N2O3. The summed E-state index contributed by atoms with van der Waals surface area (Å²) in [7, 11) is 0. The molecule has 2 amide bonds. The fourth-order valence-electron chi connectivity index (χ4n) is 2.48. The lowest BCUT2D eigenvalue weighted by Crippen LogP contribution is -2.52. The first kappa shape index (κ1) is 15.8. The normalized spacial score (nSPS) is 26.6. The van der Waals surface area contributed by atoms with Crippen molar-refractivity contribution in [1.82, 2.24) is 10.2 Å². The van der Waals surface area contributed by atoms with Gasteiger partial charge in [0.25, 0.3) is 0 Å². The molecule has 1 aliphatic rings. The molecule has 5 nitrogen and oxygen atoms in total. The molecule has 0 radical (unpaired) electrons. The van der Waals surface area contributed by atoms with Crippen LogP contribution in [0.2, 0.25) is 0 Å². The summed E-state index contributed by atoms with van der Waals surface area (Å²) in [5.41, 5.74) is 0. The number of hydrogen-bond acceptors (Lipinski definition) is 2. The van der Waals surface area contributed by atoms with Crippen LogP contribution in [0.4, 0.5) is 4.79 Å². The van der Waals surface area contributed by atoms with Crippen molar-refractivity contribution in [2.75, 3.05) is 13.1 Å². The smallest absolute Gasteiger partial charge is 0.317 e. The highest BCUT2D eigenvalue weighted by Crippen LogP contribution is 2.22. The second kappa shape index (κ2) is 6.78. The monoisotopic (exact) mass is 270 g/mol. The molecule has 2 N–H and O–H groups in total. The van der Waals surface area contributed by atoms with Gasteiger partial charge in [0.15, 0.2) is 0 Å². The summed E-state index contributed by atoms with van der Waals surface area (Å²) in [6.45, 7) is 9.14. The summed E-state index contributed by atoms with van der Waals surface area (Å²) >= 11 is 0. The molecule has 5 heteroatoms. The maximum atomic E-state index is 12.2. The van der Waals surface area contributed by atoms with Crippen LogP contribution in [0.1, 0.15) is 40.5 Å². The van der Waals surface area contributed by atoms with Crippen molar-refractivity contribution in [3.8, 4) is 0 Å². The topological polar surface area (TPSA) is 69.6 Å². The Morgan fingerprint density at radius 3 is 2.53 bits per heavy atom. The average Bonchev–Trinajstić information content (AvgIpc) is 2.36. The number of likely N-dealkylation sites (tertiary alicyclic amines) is 1. The third-order valence-electron chi connectivity index (χ3n) is 4.14. The van der Waals surface area contributed by atoms with Gasteiger partial charge in [-0.05, 0) is 25.2 Å². The van der Waals surface area contributed by atoms with Gasteiger partial charge in [-0.15, -0.1) is 0 Å². The zero-order valence-corrected chi connectivity index (χ0v) is 12.3. The molecule has 0 bridgehead atoms. The number of carboxylic acid groups (broad SMARTS) is 1. The van der Waals surface area contributed by atoms with E-state index in [0.717, 1.165) is 6.42 Å². The SMILES string of the molecule is CCC(C)C(C)NC(=O)N1CC(C)CC(C(=O)O)C1. The minimum absolute atomic E-state index is 0.109. The van der Waals surface area contributed by atoms with E-state index in [0.29, 0.717) is 25.4 Å². The van der Waals surface area contributed by atoms with Gasteiger partial charge >= 0.3 is 12.0 Å². The number of nitrogens with one attached hydrogen (secondary N) is 1. The maximum absolute atomic E-state index is 12.2. The summed E-state index contributed by atoms with van der Waals surface area (Å²) in [6.07, 6.45) is 1.66. The summed E-state index contributed by atoms with van der Waals surface area (Å²) in [5.74, 6) is -0.589. The highest BCUT2D eigenvalue weighted by molar-refractivity contribution is 5.76. The molecular weight excluding hydrogens is 244 g/mol. The second-order valence-corrected chi connectivity index (χ2v) is 5.90. The number of urea groups is 1. The van der Waals surface area contributed by atoms with Gasteiger partial charge in [0.2, 0.25) is 0 Å². The number of nitrogens with zero attached hydrogens (tertiary/aromatic N) is 1. The lowest BCUT2D eigenvalue weighted by molar-refractivity contribution is -0.143. The third kappa shape index (κ3) is 4.40. The highest BCUT2D eigenvalue weighted by atomic mass is 16.4. The van der Waals surface area contributed by atoms with Crippen LogP contribution < -0.4 is 5.32 Å². The van der Waals surface area contributed by atoms with E-state index in [1.165, 1.54) is 0 Å². The Kier molecular flexibility index (Phi) is 5.63. The van der Waals surface area contributed by atoms with E-state index in [-0.39, 0.29) is 18.0 Å². The van der Waals surface area contributed by atoms with E-state index in [1.54, 1.807) is 4.90 Å². The number of carboxylic acids is 1. The zero-order valence-electron chi connectivity index (χ0n) is 12.3. The first-order valence-corrected chi connectivity index (χ1v) is 7.13. The summed E-state index contributed by atoms with van der Waals surface area (Å²) in [4.78, 5) is 24.9. The predicted octanol–water partition coefficient (Wildman–Crippen LogP) is 2.17. The van der Waals surface area contributed by atoms with Crippen LogP contribution in [-0.4, -0.2) is 41.1 Å². The summed E-state index contributed by atoms with van der Waals surface area (Å²) < 4.78 is 0. The molecule has 1 saturated heterocycles. The Hall–Kier alpha value is -1.26. The number of amides is 2. The van der Waals surface area contributed by atoms with Crippen molar-refractivity contribution < 1.29 is 14.7 Å². The molecule has 0 aromatic carbocycles. The first-order chi connectivity index (χ1) is 8.85. The molecule has 1 fully saturated rings. The highest BCUT2D eigenvalue weighted by Gasteiger charge is 2.32. The Morgan fingerprint density at radius 2 is 2.00 bits per heavy atom. The Morgan fingerprint density at radius 1 is 1.37 bits per heavy atom.